The first kappa shape index (κ1) is 24.7. The topological polar surface area (TPSA) is 75.7 Å². The fraction of sp³-hybridized carbons (Fsp3) is 0.0417. The lowest BCUT2D eigenvalue weighted by molar-refractivity contribution is -0.122. The molecule has 1 saturated heterocycles. The molecule has 1 fully saturated rings. The number of anilines is 1. The van der Waals surface area contributed by atoms with Crippen molar-refractivity contribution < 1.29 is 19.1 Å². The molecule has 0 bridgehead atoms. The number of benzene rings is 3. The van der Waals surface area contributed by atoms with Crippen molar-refractivity contribution in [2.45, 2.75) is 6.61 Å². The fourth-order valence-corrected chi connectivity index (χ4v) is 5.12. The van der Waals surface area contributed by atoms with Gasteiger partial charge in [0.25, 0.3) is 11.8 Å². The van der Waals surface area contributed by atoms with Crippen molar-refractivity contribution in [2.75, 3.05) is 4.90 Å². The predicted octanol–water partition coefficient (Wildman–Crippen LogP) is 6.87. The average Bonchev–Trinajstić information content (AvgIpc) is 2.78. The van der Waals surface area contributed by atoms with Crippen LogP contribution in [0.25, 0.3) is 6.08 Å². The lowest BCUT2D eigenvalue weighted by Gasteiger charge is -2.26. The maximum absolute atomic E-state index is 13.1. The van der Waals surface area contributed by atoms with Crippen molar-refractivity contribution in [1.29, 1.82) is 0 Å². The molecule has 10 heteroatoms. The van der Waals surface area contributed by atoms with Crippen molar-refractivity contribution in [3.05, 3.63) is 95.8 Å². The van der Waals surface area contributed by atoms with Crippen LogP contribution in [0.3, 0.4) is 0 Å². The zero-order valence-corrected chi connectivity index (χ0v) is 22.7. The number of urea groups is 1. The summed E-state index contributed by atoms with van der Waals surface area (Å²) in [4.78, 5) is 38.8. The van der Waals surface area contributed by atoms with Gasteiger partial charge >= 0.3 is 6.03 Å². The summed E-state index contributed by atoms with van der Waals surface area (Å²) in [7, 11) is 0. The monoisotopic (exact) mass is 666 g/mol. The van der Waals surface area contributed by atoms with E-state index in [0.29, 0.717) is 31.0 Å². The summed E-state index contributed by atoms with van der Waals surface area (Å²) >= 11 is 16.5. The number of hydrogen-bond donors (Lipinski definition) is 1. The van der Waals surface area contributed by atoms with Gasteiger partial charge in [0.05, 0.1) is 14.6 Å². The van der Waals surface area contributed by atoms with E-state index in [1.165, 1.54) is 6.08 Å². The second-order valence-electron chi connectivity index (χ2n) is 7.13. The summed E-state index contributed by atoms with van der Waals surface area (Å²) in [6, 6.07) is 16.6. The average molecular weight is 670 g/mol. The van der Waals surface area contributed by atoms with Gasteiger partial charge in [-0.1, -0.05) is 45.7 Å². The first-order valence-electron chi connectivity index (χ1n) is 9.77. The molecule has 0 radical (unpaired) electrons. The van der Waals surface area contributed by atoms with Gasteiger partial charge < -0.3 is 4.74 Å². The summed E-state index contributed by atoms with van der Waals surface area (Å²) in [5.41, 5.74) is 1.55. The molecule has 0 unspecified atom stereocenters. The molecule has 0 saturated carbocycles. The highest BCUT2D eigenvalue weighted by atomic mass is 79.9. The molecule has 6 nitrogen and oxygen atoms in total. The van der Waals surface area contributed by atoms with E-state index in [-0.39, 0.29) is 12.2 Å². The van der Waals surface area contributed by atoms with Crippen molar-refractivity contribution in [3.8, 4) is 5.75 Å². The Labute approximate surface area is 225 Å². The van der Waals surface area contributed by atoms with Gasteiger partial charge in [0, 0.05) is 15.1 Å². The third-order valence-corrected chi connectivity index (χ3v) is 6.92. The van der Waals surface area contributed by atoms with Crippen LogP contribution in [0.1, 0.15) is 11.1 Å². The van der Waals surface area contributed by atoms with E-state index < -0.39 is 17.8 Å². The first-order chi connectivity index (χ1) is 16.2. The van der Waals surface area contributed by atoms with Gasteiger partial charge in [0.15, 0.2) is 0 Å². The molecule has 0 aliphatic carbocycles. The largest absolute Gasteiger partial charge is 0.486 e. The smallest absolute Gasteiger partial charge is 0.335 e. The first-order valence-corrected chi connectivity index (χ1v) is 12.5. The maximum Gasteiger partial charge on any atom is 0.335 e. The van der Waals surface area contributed by atoms with Gasteiger partial charge in [0.2, 0.25) is 0 Å². The second-order valence-corrected chi connectivity index (χ2v) is 10.2. The van der Waals surface area contributed by atoms with Gasteiger partial charge in [-0.25, -0.2) is 9.69 Å². The van der Waals surface area contributed by atoms with Gasteiger partial charge in [0.1, 0.15) is 17.9 Å². The Balaban J connectivity index is 1.61. The van der Waals surface area contributed by atoms with Crippen molar-refractivity contribution in [3.63, 3.8) is 0 Å². The summed E-state index contributed by atoms with van der Waals surface area (Å²) in [5.74, 6) is -0.954. The van der Waals surface area contributed by atoms with E-state index in [2.05, 4.69) is 53.1 Å². The van der Waals surface area contributed by atoms with Crippen molar-refractivity contribution >= 4 is 89.0 Å². The molecule has 1 aliphatic heterocycles. The highest BCUT2D eigenvalue weighted by Crippen LogP contribution is 2.36. The predicted molar refractivity (Wildman–Crippen MR) is 141 cm³/mol. The summed E-state index contributed by atoms with van der Waals surface area (Å²) in [6.45, 7) is 0.252. The maximum atomic E-state index is 13.1. The van der Waals surface area contributed by atoms with Crippen LogP contribution in [0.15, 0.2) is 79.7 Å². The number of barbiturate groups is 1. The molecule has 1 N–H and O–H groups in total. The third-order valence-electron chi connectivity index (χ3n) is 4.85. The van der Waals surface area contributed by atoms with E-state index in [1.54, 1.807) is 42.5 Å². The van der Waals surface area contributed by atoms with Crippen LogP contribution in [0.4, 0.5) is 10.5 Å². The molecule has 1 aliphatic rings. The van der Waals surface area contributed by atoms with Crippen LogP contribution >= 0.6 is 59.4 Å². The Hall–Kier alpha value is -2.46. The summed E-state index contributed by atoms with van der Waals surface area (Å²) in [6.07, 6.45) is 1.42. The number of halogens is 4. The van der Waals surface area contributed by atoms with Gasteiger partial charge in [-0.3, -0.25) is 14.9 Å². The number of nitrogens with zero attached hydrogens (tertiary/aromatic N) is 1. The van der Waals surface area contributed by atoms with Crippen LogP contribution in [0, 0.1) is 0 Å². The van der Waals surface area contributed by atoms with Gasteiger partial charge in [-0.05, 0) is 86.0 Å². The second kappa shape index (κ2) is 10.4. The summed E-state index contributed by atoms with van der Waals surface area (Å²) < 4.78 is 7.91. The minimum atomic E-state index is -0.805. The molecule has 3 aromatic carbocycles. The third kappa shape index (κ3) is 5.27. The lowest BCUT2D eigenvalue weighted by Crippen LogP contribution is -2.54. The quantitative estimate of drug-likeness (QED) is 0.238. The number of imide groups is 2. The van der Waals surface area contributed by atoms with E-state index in [4.69, 9.17) is 16.3 Å². The highest BCUT2D eigenvalue weighted by Gasteiger charge is 2.36. The Bertz CT molecular complexity index is 1320. The zero-order chi connectivity index (χ0) is 24.4. The van der Waals surface area contributed by atoms with Gasteiger partial charge in [-0.2, -0.15) is 0 Å². The van der Waals surface area contributed by atoms with Crippen LogP contribution in [0.2, 0.25) is 5.02 Å². The molecular weight excluding hydrogens is 655 g/mol. The number of nitrogens with one attached hydrogen (secondary N) is 1. The molecule has 4 rings (SSSR count). The zero-order valence-electron chi connectivity index (χ0n) is 17.2. The normalized spacial score (nSPS) is 15.0. The Morgan fingerprint density at radius 3 is 2.24 bits per heavy atom. The Morgan fingerprint density at radius 1 is 0.941 bits per heavy atom. The van der Waals surface area contributed by atoms with E-state index >= 15 is 0 Å². The molecule has 0 spiro atoms. The number of carbonyl (C=O) groups is 3. The lowest BCUT2D eigenvalue weighted by atomic mass is 10.1. The number of carbonyl (C=O) groups excluding carboxylic acids is 3. The fourth-order valence-electron chi connectivity index (χ4n) is 3.21. The van der Waals surface area contributed by atoms with Crippen LogP contribution in [0.5, 0.6) is 5.75 Å². The van der Waals surface area contributed by atoms with Crippen LogP contribution < -0.4 is 15.0 Å². The van der Waals surface area contributed by atoms with E-state index in [9.17, 15) is 14.4 Å². The van der Waals surface area contributed by atoms with Crippen molar-refractivity contribution in [1.82, 2.24) is 5.32 Å². The molecule has 4 amide bonds. The van der Waals surface area contributed by atoms with Crippen molar-refractivity contribution in [2.24, 2.45) is 0 Å². The standard InChI is InChI=1S/C24H14Br3ClN2O4/c25-15-5-7-16(8-6-15)30-23(32)17(22(31)29-24(30)33)9-13-10-18(26)21(19(27)11-13)34-12-14-3-1-2-4-20(14)28/h1-11H,12H2,(H,29,31,33)/b17-9+. The SMILES string of the molecule is O=C1NC(=O)N(c2ccc(Br)cc2)C(=O)/C1=C/c1cc(Br)c(OCc2ccccc2Cl)c(Br)c1. The number of ether oxygens (including phenoxy) is 1. The Kier molecular flexibility index (Phi) is 7.57. The molecule has 1 heterocycles. The summed E-state index contributed by atoms with van der Waals surface area (Å²) in [5, 5.41) is 2.81. The van der Waals surface area contributed by atoms with Crippen LogP contribution in [-0.2, 0) is 16.2 Å². The molecular formula is C24H14Br3ClN2O4. The molecule has 34 heavy (non-hydrogen) atoms. The molecule has 3 aromatic rings. The van der Waals surface area contributed by atoms with Gasteiger partial charge in [-0.15, -0.1) is 0 Å². The van der Waals surface area contributed by atoms with E-state index in [1.807, 2.05) is 18.2 Å². The number of hydrogen-bond acceptors (Lipinski definition) is 4. The molecule has 0 aromatic heterocycles. The Morgan fingerprint density at radius 2 is 1.59 bits per heavy atom. The van der Waals surface area contributed by atoms with Crippen LogP contribution in [-0.4, -0.2) is 17.8 Å². The minimum Gasteiger partial charge on any atom is -0.486 e. The number of rotatable bonds is 5. The van der Waals surface area contributed by atoms with E-state index in [0.717, 1.165) is 14.9 Å². The minimum absolute atomic E-state index is 0.175. The highest BCUT2D eigenvalue weighted by molar-refractivity contribution is 9.11. The molecule has 172 valence electrons. The molecule has 0 atom stereocenters. The number of amides is 4.